The minimum atomic E-state index is -1.42. The van der Waals surface area contributed by atoms with Crippen molar-refractivity contribution in [2.24, 2.45) is 34.2 Å². The summed E-state index contributed by atoms with van der Waals surface area (Å²) in [5, 5.41) is 40.7. The fourth-order valence-electron chi connectivity index (χ4n) is 9.04. The molecular formula is C48H81N13O13. The highest BCUT2D eigenvalue weighted by molar-refractivity contribution is 5.99. The molecule has 3 fully saturated rings. The molecule has 9 amide bonds. The summed E-state index contributed by atoms with van der Waals surface area (Å²) in [6.45, 7) is 14.2. The van der Waals surface area contributed by atoms with E-state index in [0.29, 0.717) is 25.8 Å². The second-order valence-electron chi connectivity index (χ2n) is 20.5. The van der Waals surface area contributed by atoms with E-state index in [2.05, 4.69) is 47.5 Å². The molecule has 0 spiro atoms. The summed E-state index contributed by atoms with van der Waals surface area (Å²) in [6.07, 6.45) is 2.14. The molecule has 0 aromatic heterocycles. The lowest BCUT2D eigenvalue weighted by Gasteiger charge is -2.33. The van der Waals surface area contributed by atoms with E-state index in [9.17, 15) is 63.0 Å². The third-order valence-electron chi connectivity index (χ3n) is 13.2. The number of nitrogens with one attached hydrogen (secondary N) is 8. The van der Waals surface area contributed by atoms with Crippen LogP contribution in [-0.4, -0.2) is 178 Å². The van der Waals surface area contributed by atoms with E-state index in [1.807, 2.05) is 13.8 Å². The molecule has 0 unspecified atom stereocenters. The Morgan fingerprint density at radius 3 is 1.66 bits per heavy atom. The van der Waals surface area contributed by atoms with Crippen LogP contribution in [0.5, 0.6) is 0 Å². The van der Waals surface area contributed by atoms with Gasteiger partial charge in [-0.3, -0.25) is 52.9 Å². The number of aliphatic carboxylic acids is 2. The zero-order chi connectivity index (χ0) is 55.6. The van der Waals surface area contributed by atoms with Crippen molar-refractivity contribution < 1.29 is 63.0 Å². The van der Waals surface area contributed by atoms with E-state index in [-0.39, 0.29) is 75.9 Å². The minimum absolute atomic E-state index is 0.00443. The van der Waals surface area contributed by atoms with Gasteiger partial charge in [0.25, 0.3) is 0 Å². The molecule has 3 aliphatic rings. The van der Waals surface area contributed by atoms with Crippen LogP contribution in [-0.2, 0) is 52.7 Å². The van der Waals surface area contributed by atoms with E-state index < -0.39 is 138 Å². The summed E-state index contributed by atoms with van der Waals surface area (Å²) in [5.74, 6) is -9.80. The number of carboxylic acids is 2. The van der Waals surface area contributed by atoms with Crippen LogP contribution in [0.15, 0.2) is 4.99 Å². The zero-order valence-corrected chi connectivity index (χ0v) is 44.0. The van der Waals surface area contributed by atoms with Gasteiger partial charge >= 0.3 is 11.9 Å². The Hall–Kier alpha value is -6.60. The third kappa shape index (κ3) is 18.7. The van der Waals surface area contributed by atoms with Gasteiger partial charge in [-0.05, 0) is 102 Å². The Balaban J connectivity index is 1.71. The number of nitrogens with zero attached hydrogens (tertiary/aromatic N) is 3. The van der Waals surface area contributed by atoms with Crippen LogP contribution in [0.25, 0.3) is 0 Å². The molecule has 0 aliphatic carbocycles. The molecule has 0 aromatic carbocycles. The number of hydrogen-bond acceptors (Lipinski definition) is 13. The summed E-state index contributed by atoms with van der Waals surface area (Å²) >= 11 is 0. The average molecular weight is 1050 g/mol. The first kappa shape index (κ1) is 61.7. The number of rotatable bonds is 28. The van der Waals surface area contributed by atoms with Crippen LogP contribution >= 0.6 is 0 Å². The summed E-state index contributed by atoms with van der Waals surface area (Å²) in [7, 11) is 0. The van der Waals surface area contributed by atoms with E-state index >= 15 is 0 Å². The van der Waals surface area contributed by atoms with Gasteiger partial charge in [-0.2, -0.15) is 0 Å². The van der Waals surface area contributed by atoms with Crippen molar-refractivity contribution >= 4 is 71.1 Å². The van der Waals surface area contributed by atoms with Crippen LogP contribution < -0.4 is 54.0 Å². The fourth-order valence-corrected chi connectivity index (χ4v) is 9.04. The Morgan fingerprint density at radius 2 is 1.14 bits per heavy atom. The predicted octanol–water partition coefficient (Wildman–Crippen LogP) is -2.49. The molecule has 10 atom stereocenters. The van der Waals surface area contributed by atoms with Gasteiger partial charge < -0.3 is 74.0 Å². The molecule has 0 saturated carbocycles. The highest BCUT2D eigenvalue weighted by atomic mass is 16.4. The maximum atomic E-state index is 14.4. The van der Waals surface area contributed by atoms with Crippen molar-refractivity contribution in [3.8, 4) is 0 Å². The first-order chi connectivity index (χ1) is 34.7. The van der Waals surface area contributed by atoms with Crippen LogP contribution in [0.4, 0.5) is 0 Å². The normalized spacial score (nSPS) is 20.3. The number of amides is 9. The van der Waals surface area contributed by atoms with E-state index in [0.717, 1.165) is 6.42 Å². The Labute approximate surface area is 432 Å². The molecule has 0 radical (unpaired) electrons. The van der Waals surface area contributed by atoms with Crippen molar-refractivity contribution in [2.45, 2.75) is 186 Å². The number of carbonyl (C=O) groups is 11. The number of aliphatic imine (C=N–C) groups is 1. The zero-order valence-electron chi connectivity index (χ0n) is 44.0. The van der Waals surface area contributed by atoms with Gasteiger partial charge in [-0.15, -0.1) is 0 Å². The van der Waals surface area contributed by atoms with Crippen LogP contribution in [0.3, 0.4) is 0 Å². The summed E-state index contributed by atoms with van der Waals surface area (Å²) < 4.78 is 0. The SMILES string of the molecule is CC(C)C[C@H](NC(=O)[C@@H]1CCCN1C(=O)[C@@H](NC(=O)[C@@H]1CCCN1C(=O)[C@H](CCC(=O)O)NC(=O)[C@H](C)NC(=O)[C@H](C)NC(=O)[C@@H]1CCCN1)C(C)C)C(=O)N[C@H](C(=O)N[C@@H](CCCN=C(N)N)C(=O)O)C(C)C. The average Bonchev–Trinajstić information content (AvgIpc) is 4.14. The maximum absolute atomic E-state index is 14.4. The van der Waals surface area contributed by atoms with Crippen LogP contribution in [0.2, 0.25) is 0 Å². The molecule has 3 aliphatic heterocycles. The summed E-state index contributed by atoms with van der Waals surface area (Å²) in [5.41, 5.74) is 10.7. The monoisotopic (exact) mass is 1050 g/mol. The lowest BCUT2D eigenvalue weighted by atomic mass is 9.98. The Morgan fingerprint density at radius 1 is 0.581 bits per heavy atom. The molecule has 3 rings (SSSR count). The highest BCUT2D eigenvalue weighted by Crippen LogP contribution is 2.24. The molecule has 3 heterocycles. The van der Waals surface area contributed by atoms with Crippen molar-refractivity contribution in [3.63, 3.8) is 0 Å². The van der Waals surface area contributed by atoms with Crippen LogP contribution in [0.1, 0.15) is 126 Å². The second kappa shape index (κ2) is 29.3. The van der Waals surface area contributed by atoms with Crippen molar-refractivity contribution in [1.29, 1.82) is 0 Å². The van der Waals surface area contributed by atoms with Gasteiger partial charge in [0.1, 0.15) is 54.4 Å². The molecule has 14 N–H and O–H groups in total. The van der Waals surface area contributed by atoms with Crippen LogP contribution in [0, 0.1) is 17.8 Å². The molecule has 0 bridgehead atoms. The van der Waals surface area contributed by atoms with Gasteiger partial charge in [-0.1, -0.05) is 41.5 Å². The van der Waals surface area contributed by atoms with Crippen molar-refractivity contribution in [3.05, 3.63) is 0 Å². The second-order valence-corrected chi connectivity index (χ2v) is 20.5. The third-order valence-corrected chi connectivity index (χ3v) is 13.2. The summed E-state index contributed by atoms with van der Waals surface area (Å²) in [4.78, 5) is 153. The largest absolute Gasteiger partial charge is 0.481 e. The topological polar surface area (TPSA) is 395 Å². The van der Waals surface area contributed by atoms with E-state index in [1.54, 1.807) is 27.7 Å². The van der Waals surface area contributed by atoms with E-state index in [1.165, 1.54) is 23.6 Å². The Bertz CT molecular complexity index is 2060. The van der Waals surface area contributed by atoms with Gasteiger partial charge in [0.2, 0.25) is 53.2 Å². The fraction of sp³-hybridized carbons (Fsp3) is 0.750. The number of likely N-dealkylation sites (tertiary alicyclic amines) is 2. The van der Waals surface area contributed by atoms with E-state index in [4.69, 9.17) is 11.5 Å². The lowest BCUT2D eigenvalue weighted by Crippen LogP contribution is -2.61. The first-order valence-electron chi connectivity index (χ1n) is 25.7. The molecule has 74 heavy (non-hydrogen) atoms. The number of carbonyl (C=O) groups excluding carboxylic acids is 9. The quantitative estimate of drug-likeness (QED) is 0.0219. The number of hydrogen-bond donors (Lipinski definition) is 12. The van der Waals surface area contributed by atoms with Gasteiger partial charge in [0.05, 0.1) is 6.04 Å². The first-order valence-corrected chi connectivity index (χ1v) is 25.7. The van der Waals surface area contributed by atoms with Crippen molar-refractivity contribution in [2.75, 3.05) is 26.2 Å². The van der Waals surface area contributed by atoms with Crippen molar-refractivity contribution in [1.82, 2.24) is 52.3 Å². The predicted molar refractivity (Wildman–Crippen MR) is 269 cm³/mol. The van der Waals surface area contributed by atoms with Gasteiger partial charge in [0, 0.05) is 26.1 Å². The minimum Gasteiger partial charge on any atom is -0.481 e. The smallest absolute Gasteiger partial charge is 0.326 e. The number of carboxylic acid groups (broad SMARTS) is 2. The molecule has 416 valence electrons. The molecule has 3 saturated heterocycles. The van der Waals surface area contributed by atoms with Gasteiger partial charge in [0.15, 0.2) is 5.96 Å². The standard InChI is InChI=1S/C48H81N13O13/c1-24(2)23-32(41(67)58-36(25(3)4)44(70)56-31(47(73)74)14-10-20-52-48(49)50)57-42(68)33-15-12-22-61(33)46(72)37(26(5)6)59-43(69)34-16-11-21-60(34)45(71)30(17-18-35(62)63)55-39(65)28(8)53-38(64)27(7)54-40(66)29-13-9-19-51-29/h24-34,36-37,51H,9-23H2,1-8H3,(H,53,64)(H,54,66)(H,55,65)(H,56,70)(H,57,68)(H,58,67)(H,59,69)(H,62,63)(H,73,74)(H4,49,50,52)/t27-,28-,29-,30-,31-,32-,33-,34-,36-,37-/m0/s1. The summed E-state index contributed by atoms with van der Waals surface area (Å²) in [6, 6.07) is -11.1. The lowest BCUT2D eigenvalue weighted by molar-refractivity contribution is -0.145. The maximum Gasteiger partial charge on any atom is 0.326 e. The number of nitrogens with two attached hydrogens (primary N) is 2. The molecule has 26 nitrogen and oxygen atoms in total. The van der Waals surface area contributed by atoms with Gasteiger partial charge in [-0.25, -0.2) is 4.79 Å². The highest BCUT2D eigenvalue weighted by Gasteiger charge is 2.43. The molecule has 26 heteroatoms. The Kier molecular flexibility index (Phi) is 24.5. The molecular weight excluding hydrogens is 967 g/mol. The molecule has 0 aromatic rings. The number of guanidine groups is 1.